The van der Waals surface area contributed by atoms with E-state index in [1.54, 1.807) is 42.5 Å². The van der Waals surface area contributed by atoms with Crippen LogP contribution in [0.25, 0.3) is 0 Å². The van der Waals surface area contributed by atoms with Gasteiger partial charge in [-0.1, -0.05) is 41.1 Å². The van der Waals surface area contributed by atoms with E-state index in [1.807, 2.05) is 6.07 Å². The number of rotatable bonds is 4. The number of imide groups is 1. The number of amides is 3. The van der Waals surface area contributed by atoms with Crippen LogP contribution in [0, 0.1) is 0 Å². The predicted octanol–water partition coefficient (Wildman–Crippen LogP) is 2.27. The van der Waals surface area contributed by atoms with Crippen LogP contribution in [0.1, 0.15) is 0 Å². The van der Waals surface area contributed by atoms with Crippen LogP contribution < -0.4 is 10.2 Å². The van der Waals surface area contributed by atoms with Gasteiger partial charge in [0.2, 0.25) is 5.91 Å². The Bertz CT molecular complexity index is 949. The topological polar surface area (TPSA) is 94.4 Å². The molecule has 0 bridgehead atoms. The van der Waals surface area contributed by atoms with Crippen LogP contribution in [-0.2, 0) is 14.4 Å². The SMILES string of the molecule is O=C(CN1N=N[C@H]2C(=O)N(c3cccc(Cl)c3)C(=O)[C@H]21)Nc1ccccc1. The average molecular weight is 384 g/mol. The van der Waals surface area contributed by atoms with Crippen molar-refractivity contribution in [3.05, 3.63) is 59.6 Å². The van der Waals surface area contributed by atoms with Crippen LogP contribution in [-0.4, -0.2) is 41.4 Å². The standard InChI is InChI=1S/C18H14ClN5O3/c19-11-5-4-8-13(9-11)24-17(26)15-16(18(24)27)23(22-21-15)10-14(25)20-12-6-2-1-3-7-12/h1-9,15-16H,10H2,(H,20,25)/t15-,16+/m1/s1. The van der Waals surface area contributed by atoms with Crippen molar-refractivity contribution in [3.8, 4) is 0 Å². The maximum Gasteiger partial charge on any atom is 0.263 e. The molecule has 1 fully saturated rings. The zero-order valence-electron chi connectivity index (χ0n) is 13.9. The van der Waals surface area contributed by atoms with Crippen LogP contribution in [0.2, 0.25) is 5.02 Å². The molecule has 2 atom stereocenters. The van der Waals surface area contributed by atoms with Gasteiger partial charge in [-0.15, -0.1) is 0 Å². The van der Waals surface area contributed by atoms with Gasteiger partial charge in [-0.2, -0.15) is 5.11 Å². The Morgan fingerprint density at radius 2 is 1.85 bits per heavy atom. The fraction of sp³-hybridized carbons (Fsp3) is 0.167. The van der Waals surface area contributed by atoms with Crippen molar-refractivity contribution in [2.45, 2.75) is 12.1 Å². The van der Waals surface area contributed by atoms with Gasteiger partial charge in [0.25, 0.3) is 11.8 Å². The van der Waals surface area contributed by atoms with Crippen LogP contribution in [0.5, 0.6) is 0 Å². The fourth-order valence-electron chi connectivity index (χ4n) is 3.09. The molecule has 2 aromatic carbocycles. The number of nitrogens with one attached hydrogen (secondary N) is 1. The first kappa shape index (κ1) is 17.2. The van der Waals surface area contributed by atoms with Gasteiger partial charge < -0.3 is 5.32 Å². The van der Waals surface area contributed by atoms with Crippen LogP contribution in [0.4, 0.5) is 11.4 Å². The zero-order chi connectivity index (χ0) is 19.0. The van der Waals surface area contributed by atoms with Gasteiger partial charge in [0.1, 0.15) is 6.54 Å². The predicted molar refractivity (Wildman–Crippen MR) is 98.2 cm³/mol. The van der Waals surface area contributed by atoms with Crippen LogP contribution in [0.15, 0.2) is 64.9 Å². The van der Waals surface area contributed by atoms with E-state index >= 15 is 0 Å². The maximum absolute atomic E-state index is 12.8. The van der Waals surface area contributed by atoms with Crippen molar-refractivity contribution < 1.29 is 14.4 Å². The highest BCUT2D eigenvalue weighted by atomic mass is 35.5. The summed E-state index contributed by atoms with van der Waals surface area (Å²) in [6.07, 6.45) is 0. The molecule has 136 valence electrons. The van der Waals surface area contributed by atoms with Crippen molar-refractivity contribution in [2.75, 3.05) is 16.8 Å². The lowest BCUT2D eigenvalue weighted by atomic mass is 10.1. The Hall–Kier alpha value is -3.26. The number of carbonyl (C=O) groups is 3. The van der Waals surface area contributed by atoms with Crippen LogP contribution >= 0.6 is 11.6 Å². The number of para-hydroxylation sites is 1. The van der Waals surface area contributed by atoms with E-state index in [0.717, 1.165) is 4.90 Å². The molecule has 1 N–H and O–H groups in total. The minimum Gasteiger partial charge on any atom is -0.324 e. The van der Waals surface area contributed by atoms with Crippen molar-refractivity contribution in [1.29, 1.82) is 0 Å². The number of anilines is 2. The molecule has 0 radical (unpaired) electrons. The van der Waals surface area contributed by atoms with Gasteiger partial charge in [0, 0.05) is 10.7 Å². The van der Waals surface area contributed by atoms with Gasteiger partial charge in [0.15, 0.2) is 12.1 Å². The van der Waals surface area contributed by atoms with Gasteiger partial charge in [-0.3, -0.25) is 19.4 Å². The van der Waals surface area contributed by atoms with Gasteiger partial charge in [-0.25, -0.2) is 4.90 Å². The van der Waals surface area contributed by atoms with Gasteiger partial charge in [0.05, 0.1) is 5.69 Å². The van der Waals surface area contributed by atoms with E-state index in [4.69, 9.17) is 11.6 Å². The largest absolute Gasteiger partial charge is 0.324 e. The second-order valence-corrected chi connectivity index (χ2v) is 6.53. The molecule has 0 saturated carbocycles. The van der Waals surface area contributed by atoms with Crippen molar-refractivity contribution in [3.63, 3.8) is 0 Å². The Morgan fingerprint density at radius 1 is 1.07 bits per heavy atom. The second-order valence-electron chi connectivity index (χ2n) is 6.10. The molecule has 0 aromatic heterocycles. The first-order valence-corrected chi connectivity index (χ1v) is 8.58. The Kier molecular flexibility index (Phi) is 4.33. The van der Waals surface area contributed by atoms with Crippen LogP contribution in [0.3, 0.4) is 0 Å². The van der Waals surface area contributed by atoms with Crippen molar-refractivity contribution in [2.24, 2.45) is 10.3 Å². The number of fused-ring (bicyclic) bond motifs is 1. The van der Waals surface area contributed by atoms with E-state index < -0.39 is 23.9 Å². The molecule has 0 unspecified atom stereocenters. The summed E-state index contributed by atoms with van der Waals surface area (Å²) in [6, 6.07) is 13.5. The third-order valence-electron chi connectivity index (χ3n) is 4.29. The van der Waals surface area contributed by atoms with E-state index in [1.165, 1.54) is 11.1 Å². The normalized spacial score (nSPS) is 20.9. The first-order chi connectivity index (χ1) is 13.0. The summed E-state index contributed by atoms with van der Waals surface area (Å²) < 4.78 is 0. The van der Waals surface area contributed by atoms with E-state index in [0.29, 0.717) is 16.4 Å². The summed E-state index contributed by atoms with van der Waals surface area (Å²) in [7, 11) is 0. The molecule has 2 aliphatic heterocycles. The minimum absolute atomic E-state index is 0.192. The first-order valence-electron chi connectivity index (χ1n) is 8.20. The lowest BCUT2D eigenvalue weighted by Crippen LogP contribution is -2.43. The summed E-state index contributed by atoms with van der Waals surface area (Å²) in [5, 5.41) is 12.1. The quantitative estimate of drug-likeness (QED) is 0.819. The van der Waals surface area contributed by atoms with Crippen molar-refractivity contribution in [1.82, 2.24) is 5.01 Å². The Morgan fingerprint density at radius 3 is 2.59 bits per heavy atom. The molecule has 2 aliphatic rings. The van der Waals surface area contributed by atoms with Gasteiger partial charge in [-0.05, 0) is 30.3 Å². The minimum atomic E-state index is -0.957. The summed E-state index contributed by atoms with van der Waals surface area (Å²) in [5.41, 5.74) is 1.00. The molecule has 9 heteroatoms. The smallest absolute Gasteiger partial charge is 0.263 e. The molecular weight excluding hydrogens is 370 g/mol. The highest BCUT2D eigenvalue weighted by Gasteiger charge is 2.55. The lowest BCUT2D eigenvalue weighted by Gasteiger charge is -2.20. The number of hydrogen-bond acceptors (Lipinski definition) is 6. The Labute approximate surface area is 159 Å². The third-order valence-corrected chi connectivity index (χ3v) is 4.52. The summed E-state index contributed by atoms with van der Waals surface area (Å²) in [5.74, 6) is -1.32. The molecule has 4 rings (SSSR count). The van der Waals surface area contributed by atoms with E-state index in [2.05, 4.69) is 15.7 Å². The fourth-order valence-corrected chi connectivity index (χ4v) is 3.28. The summed E-state index contributed by atoms with van der Waals surface area (Å²) in [4.78, 5) is 38.7. The number of halogens is 1. The molecule has 3 amide bonds. The third kappa shape index (κ3) is 3.15. The van der Waals surface area contributed by atoms with Crippen molar-refractivity contribution >= 4 is 40.7 Å². The monoisotopic (exact) mass is 383 g/mol. The molecule has 1 saturated heterocycles. The molecule has 2 heterocycles. The molecule has 27 heavy (non-hydrogen) atoms. The molecular formula is C18H14ClN5O3. The second kappa shape index (κ2) is 6.81. The summed E-state index contributed by atoms with van der Waals surface area (Å²) in [6.45, 7) is -0.192. The molecule has 0 aliphatic carbocycles. The number of carbonyl (C=O) groups excluding carboxylic acids is 3. The highest BCUT2D eigenvalue weighted by Crippen LogP contribution is 2.32. The average Bonchev–Trinajstić information content (AvgIpc) is 3.16. The maximum atomic E-state index is 12.8. The summed E-state index contributed by atoms with van der Waals surface area (Å²) >= 11 is 5.96. The molecule has 0 spiro atoms. The van der Waals surface area contributed by atoms with Gasteiger partial charge >= 0.3 is 0 Å². The number of nitrogens with zero attached hydrogens (tertiary/aromatic N) is 4. The molecule has 2 aromatic rings. The molecule has 8 nitrogen and oxygen atoms in total. The van der Waals surface area contributed by atoms with E-state index in [9.17, 15) is 14.4 Å². The lowest BCUT2D eigenvalue weighted by molar-refractivity contribution is -0.123. The number of benzene rings is 2. The van der Waals surface area contributed by atoms with E-state index in [-0.39, 0.29) is 12.5 Å². The zero-order valence-corrected chi connectivity index (χ0v) is 14.7. The number of hydrogen-bond donors (Lipinski definition) is 1. The Balaban J connectivity index is 1.50. The highest BCUT2D eigenvalue weighted by molar-refractivity contribution is 6.31.